The van der Waals surface area contributed by atoms with Crippen LogP contribution in [0.1, 0.15) is 5.82 Å². The molecule has 0 aliphatic heterocycles. The largest absolute Gasteiger partial charge is 0.313 e. The van der Waals surface area contributed by atoms with Gasteiger partial charge in [0.25, 0.3) is 0 Å². The van der Waals surface area contributed by atoms with Gasteiger partial charge in [0, 0.05) is 6.07 Å². The van der Waals surface area contributed by atoms with E-state index >= 15 is 0 Å². The first-order valence-electron chi connectivity index (χ1n) is 4.59. The molecule has 0 fully saturated rings. The fraction of sp³-hybridized carbons (Fsp3) is 0.222. The topological polar surface area (TPSA) is 55.6 Å². The normalized spacial score (nSPS) is 10.7. The maximum Gasteiger partial charge on any atom is 0.170 e. The van der Waals surface area contributed by atoms with Crippen LogP contribution in [0.3, 0.4) is 0 Å². The summed E-state index contributed by atoms with van der Waals surface area (Å²) in [6.07, 6.45) is 0. The zero-order valence-electron chi connectivity index (χ0n) is 8.48. The number of tetrazole rings is 1. The molecule has 0 radical (unpaired) electrons. The van der Waals surface area contributed by atoms with E-state index in [0.717, 1.165) is 0 Å². The monoisotopic (exact) mass is 285 g/mol. The summed E-state index contributed by atoms with van der Waals surface area (Å²) in [6.45, 7) is 0.519. The predicted molar refractivity (Wildman–Crippen MR) is 59.6 cm³/mol. The van der Waals surface area contributed by atoms with Gasteiger partial charge >= 0.3 is 0 Å². The quantitative estimate of drug-likeness (QED) is 0.923. The van der Waals surface area contributed by atoms with Gasteiger partial charge in [-0.3, -0.25) is 0 Å². The maximum absolute atomic E-state index is 13.3. The van der Waals surface area contributed by atoms with Crippen LogP contribution in [-0.2, 0) is 6.54 Å². The van der Waals surface area contributed by atoms with Crippen molar-refractivity contribution in [3.05, 3.63) is 34.3 Å². The lowest BCUT2D eigenvalue weighted by Gasteiger charge is -2.04. The highest BCUT2D eigenvalue weighted by molar-refractivity contribution is 9.10. The van der Waals surface area contributed by atoms with Crippen LogP contribution in [-0.4, -0.2) is 27.3 Å². The van der Waals surface area contributed by atoms with Crippen LogP contribution in [0, 0.1) is 5.82 Å². The smallest absolute Gasteiger partial charge is 0.170 e. The van der Waals surface area contributed by atoms with Crippen LogP contribution >= 0.6 is 15.9 Å². The number of aromatic nitrogens is 4. The highest BCUT2D eigenvalue weighted by Crippen LogP contribution is 2.18. The Morgan fingerprint density at radius 1 is 1.50 bits per heavy atom. The molecule has 1 heterocycles. The zero-order chi connectivity index (χ0) is 11.5. The van der Waals surface area contributed by atoms with Crippen molar-refractivity contribution >= 4 is 15.9 Å². The molecule has 5 nitrogen and oxygen atoms in total. The molecule has 16 heavy (non-hydrogen) atoms. The van der Waals surface area contributed by atoms with Crippen LogP contribution in [0.2, 0.25) is 0 Å². The molecule has 1 aromatic heterocycles. The summed E-state index contributed by atoms with van der Waals surface area (Å²) in [4.78, 5) is 0. The Morgan fingerprint density at radius 2 is 2.31 bits per heavy atom. The number of hydrogen-bond acceptors (Lipinski definition) is 4. The van der Waals surface area contributed by atoms with Crippen LogP contribution in [0.15, 0.2) is 22.7 Å². The molecule has 0 amide bonds. The lowest BCUT2D eigenvalue weighted by Crippen LogP contribution is -2.12. The van der Waals surface area contributed by atoms with E-state index in [1.807, 2.05) is 0 Å². The van der Waals surface area contributed by atoms with Crippen LogP contribution in [0.4, 0.5) is 4.39 Å². The molecule has 1 aromatic carbocycles. The molecule has 1 N–H and O–H groups in total. The van der Waals surface area contributed by atoms with E-state index in [9.17, 15) is 4.39 Å². The van der Waals surface area contributed by atoms with Crippen LogP contribution < -0.4 is 5.32 Å². The molecule has 0 spiro atoms. The molecule has 0 saturated heterocycles. The molecule has 0 unspecified atom stereocenters. The minimum absolute atomic E-state index is 0.344. The van der Waals surface area contributed by atoms with Crippen molar-refractivity contribution in [3.63, 3.8) is 0 Å². The van der Waals surface area contributed by atoms with Gasteiger partial charge < -0.3 is 5.32 Å². The number of benzene rings is 1. The molecule has 0 aliphatic carbocycles. The van der Waals surface area contributed by atoms with Crippen molar-refractivity contribution in [1.29, 1.82) is 0 Å². The summed E-state index contributed by atoms with van der Waals surface area (Å²) in [6, 6.07) is 4.73. The Morgan fingerprint density at radius 3 is 3.00 bits per heavy atom. The average molecular weight is 286 g/mol. The molecular weight excluding hydrogens is 277 g/mol. The summed E-state index contributed by atoms with van der Waals surface area (Å²) in [5.41, 5.74) is 0.593. The number of rotatable bonds is 3. The van der Waals surface area contributed by atoms with Crippen LogP contribution in [0.25, 0.3) is 5.69 Å². The third kappa shape index (κ3) is 2.10. The van der Waals surface area contributed by atoms with Crippen molar-refractivity contribution in [2.75, 3.05) is 7.05 Å². The first-order valence-corrected chi connectivity index (χ1v) is 5.39. The summed E-state index contributed by atoms with van der Waals surface area (Å²) in [7, 11) is 1.79. The first-order chi connectivity index (χ1) is 7.72. The van der Waals surface area contributed by atoms with E-state index in [1.165, 1.54) is 10.7 Å². The minimum atomic E-state index is -0.344. The van der Waals surface area contributed by atoms with Crippen molar-refractivity contribution in [1.82, 2.24) is 25.5 Å². The number of hydrogen-bond donors (Lipinski definition) is 1. The number of nitrogens with zero attached hydrogens (tertiary/aromatic N) is 4. The highest BCUT2D eigenvalue weighted by atomic mass is 79.9. The molecule has 84 valence electrons. The Balaban J connectivity index is 2.42. The van der Waals surface area contributed by atoms with Gasteiger partial charge in [-0.05, 0) is 45.5 Å². The number of nitrogens with one attached hydrogen (secondary N) is 1. The molecule has 0 atom stereocenters. The van der Waals surface area contributed by atoms with E-state index in [2.05, 4.69) is 36.8 Å². The van der Waals surface area contributed by atoms with Gasteiger partial charge in [0.05, 0.1) is 16.7 Å². The standard InChI is InChI=1S/C9H9BrFN5/c1-12-5-9-13-14-15-16(9)6-2-3-7(10)8(11)4-6/h2-4,12H,5H2,1H3. The average Bonchev–Trinajstić information content (AvgIpc) is 2.71. The molecular formula is C9H9BrFN5. The summed E-state index contributed by atoms with van der Waals surface area (Å²) in [5, 5.41) is 14.1. The maximum atomic E-state index is 13.3. The Labute approximate surface area is 99.8 Å². The predicted octanol–water partition coefficient (Wildman–Crippen LogP) is 1.28. The lowest BCUT2D eigenvalue weighted by atomic mass is 10.3. The molecule has 7 heteroatoms. The third-order valence-electron chi connectivity index (χ3n) is 2.02. The van der Waals surface area contributed by atoms with Crippen molar-refractivity contribution in [2.24, 2.45) is 0 Å². The zero-order valence-corrected chi connectivity index (χ0v) is 10.1. The minimum Gasteiger partial charge on any atom is -0.313 e. The lowest BCUT2D eigenvalue weighted by molar-refractivity contribution is 0.616. The van der Waals surface area contributed by atoms with Gasteiger partial charge in [0.2, 0.25) is 0 Å². The molecule has 2 rings (SSSR count). The Hall–Kier alpha value is -1.34. The van der Waals surface area contributed by atoms with Crippen LogP contribution in [0.5, 0.6) is 0 Å². The van der Waals surface area contributed by atoms with E-state index in [0.29, 0.717) is 22.5 Å². The van der Waals surface area contributed by atoms with Gasteiger partial charge in [-0.1, -0.05) is 0 Å². The summed E-state index contributed by atoms with van der Waals surface area (Å²) < 4.78 is 15.3. The highest BCUT2D eigenvalue weighted by Gasteiger charge is 2.09. The van der Waals surface area contributed by atoms with Gasteiger partial charge in [0.1, 0.15) is 5.82 Å². The van der Waals surface area contributed by atoms with E-state index < -0.39 is 0 Å². The number of halogens is 2. The first kappa shape index (κ1) is 11.2. The summed E-state index contributed by atoms with van der Waals surface area (Å²) >= 11 is 3.09. The van der Waals surface area contributed by atoms with E-state index in [1.54, 1.807) is 19.2 Å². The van der Waals surface area contributed by atoms with Gasteiger partial charge in [-0.25, -0.2) is 4.39 Å². The SMILES string of the molecule is CNCc1nnnn1-c1ccc(Br)c(F)c1. The van der Waals surface area contributed by atoms with Crippen molar-refractivity contribution in [3.8, 4) is 5.69 Å². The van der Waals surface area contributed by atoms with Gasteiger partial charge in [-0.15, -0.1) is 5.10 Å². The Bertz CT molecular complexity index is 498. The van der Waals surface area contributed by atoms with Gasteiger partial charge in [-0.2, -0.15) is 4.68 Å². The molecule has 0 saturated carbocycles. The Kier molecular flexibility index (Phi) is 3.25. The van der Waals surface area contributed by atoms with Crippen molar-refractivity contribution in [2.45, 2.75) is 6.54 Å². The fourth-order valence-electron chi connectivity index (χ4n) is 1.29. The fourth-order valence-corrected chi connectivity index (χ4v) is 1.54. The van der Waals surface area contributed by atoms with Gasteiger partial charge in [0.15, 0.2) is 5.82 Å². The molecule has 0 bridgehead atoms. The van der Waals surface area contributed by atoms with E-state index in [4.69, 9.17) is 0 Å². The molecule has 2 aromatic rings. The second-order valence-corrected chi connectivity index (χ2v) is 3.99. The van der Waals surface area contributed by atoms with Crippen molar-refractivity contribution < 1.29 is 4.39 Å². The van der Waals surface area contributed by atoms with E-state index in [-0.39, 0.29) is 5.82 Å². The second-order valence-electron chi connectivity index (χ2n) is 3.14. The molecule has 0 aliphatic rings. The third-order valence-corrected chi connectivity index (χ3v) is 2.66. The summed E-state index contributed by atoms with van der Waals surface area (Å²) in [5.74, 6) is 0.285. The second kappa shape index (κ2) is 4.67.